The van der Waals surface area contributed by atoms with E-state index >= 15 is 0 Å². The number of amides is 3. The van der Waals surface area contributed by atoms with E-state index in [-0.39, 0.29) is 24.3 Å². The molecule has 1 atom stereocenters. The predicted octanol–water partition coefficient (Wildman–Crippen LogP) is 3.20. The third-order valence-corrected chi connectivity index (χ3v) is 5.67. The molecule has 0 radical (unpaired) electrons. The van der Waals surface area contributed by atoms with E-state index in [2.05, 4.69) is 15.6 Å². The molecule has 3 amide bonds. The minimum absolute atomic E-state index is 0.0781. The number of thiazole rings is 1. The Morgan fingerprint density at radius 2 is 1.91 bits per heavy atom. The second-order valence-corrected chi connectivity index (χ2v) is 8.20. The van der Waals surface area contributed by atoms with Gasteiger partial charge in [0.1, 0.15) is 12.3 Å². The zero-order chi connectivity index (χ0) is 22.7. The van der Waals surface area contributed by atoms with Gasteiger partial charge in [-0.15, -0.1) is 11.3 Å². The molecule has 9 heteroatoms. The normalized spacial score (nSPS) is 15.0. The van der Waals surface area contributed by atoms with Crippen LogP contribution < -0.4 is 20.3 Å². The molecule has 4 rings (SSSR count). The average Bonchev–Trinajstić information content (AvgIpc) is 3.24. The van der Waals surface area contributed by atoms with Crippen molar-refractivity contribution >= 4 is 39.9 Å². The van der Waals surface area contributed by atoms with Gasteiger partial charge in [-0.05, 0) is 24.6 Å². The first-order valence-corrected chi connectivity index (χ1v) is 10.9. The van der Waals surface area contributed by atoms with E-state index in [0.717, 1.165) is 16.8 Å². The Hall–Kier alpha value is -3.72. The number of nitrogens with zero attached hydrogens (tertiary/aromatic N) is 2. The van der Waals surface area contributed by atoms with Crippen molar-refractivity contribution in [3.05, 3.63) is 59.5 Å². The van der Waals surface area contributed by atoms with Gasteiger partial charge in [-0.3, -0.25) is 19.3 Å². The quantitative estimate of drug-likeness (QED) is 0.601. The van der Waals surface area contributed by atoms with Gasteiger partial charge in [-0.25, -0.2) is 4.98 Å². The van der Waals surface area contributed by atoms with Crippen LogP contribution in [0.25, 0.3) is 11.3 Å². The molecule has 1 aromatic heterocycles. The van der Waals surface area contributed by atoms with Crippen LogP contribution in [0.4, 0.5) is 10.8 Å². The van der Waals surface area contributed by atoms with Crippen molar-refractivity contribution < 1.29 is 19.1 Å². The topological polar surface area (TPSA) is 101 Å². The standard InChI is InChI=1S/C23H22N4O4S/c1-14-22(30)27(19-5-3-4-6-20(19)31-14)12-21(29)26-23-25-18(13-32-23)17-9-7-16(8-10-17)11-24-15(2)28/h3-10,13-14H,11-12H2,1-2H3,(H,24,28)(H,25,26,29)/t14-/m0/s1. The molecular formula is C23H22N4O4S. The van der Waals surface area contributed by atoms with Crippen LogP contribution >= 0.6 is 11.3 Å². The molecule has 32 heavy (non-hydrogen) atoms. The molecule has 1 aliphatic rings. The van der Waals surface area contributed by atoms with Crippen LogP contribution in [0.1, 0.15) is 19.4 Å². The van der Waals surface area contributed by atoms with Gasteiger partial charge in [0.15, 0.2) is 11.2 Å². The first-order valence-electron chi connectivity index (χ1n) is 10.1. The Morgan fingerprint density at radius 3 is 2.66 bits per heavy atom. The number of carbonyl (C=O) groups excluding carboxylic acids is 3. The maximum atomic E-state index is 12.6. The maximum Gasteiger partial charge on any atom is 0.268 e. The summed E-state index contributed by atoms with van der Waals surface area (Å²) in [6.07, 6.45) is -0.655. The number of aromatic nitrogens is 1. The third kappa shape index (κ3) is 4.78. The summed E-state index contributed by atoms with van der Waals surface area (Å²) in [5, 5.41) is 7.84. The summed E-state index contributed by atoms with van der Waals surface area (Å²) in [5.41, 5.74) is 3.19. The third-order valence-electron chi connectivity index (χ3n) is 4.92. The van der Waals surface area contributed by atoms with Crippen LogP contribution in [0, 0.1) is 0 Å². The van der Waals surface area contributed by atoms with Crippen molar-refractivity contribution in [2.45, 2.75) is 26.5 Å². The minimum atomic E-state index is -0.655. The van der Waals surface area contributed by atoms with E-state index < -0.39 is 6.10 Å². The van der Waals surface area contributed by atoms with Crippen LogP contribution in [0.2, 0.25) is 0 Å². The van der Waals surface area contributed by atoms with Crippen LogP contribution in [0.3, 0.4) is 0 Å². The largest absolute Gasteiger partial charge is 0.479 e. The van der Waals surface area contributed by atoms with Crippen molar-refractivity contribution in [2.75, 3.05) is 16.8 Å². The molecule has 0 saturated heterocycles. The highest BCUT2D eigenvalue weighted by atomic mass is 32.1. The fourth-order valence-corrected chi connectivity index (χ4v) is 4.04. The second-order valence-electron chi connectivity index (χ2n) is 7.34. The van der Waals surface area contributed by atoms with Crippen LogP contribution in [0.5, 0.6) is 5.75 Å². The fourth-order valence-electron chi connectivity index (χ4n) is 3.31. The smallest absolute Gasteiger partial charge is 0.268 e. The van der Waals surface area contributed by atoms with Crippen molar-refractivity contribution in [2.24, 2.45) is 0 Å². The molecule has 0 spiro atoms. The molecular weight excluding hydrogens is 428 g/mol. The summed E-state index contributed by atoms with van der Waals surface area (Å²) in [5.74, 6) is -0.108. The summed E-state index contributed by atoms with van der Waals surface area (Å²) in [7, 11) is 0. The molecule has 2 aromatic carbocycles. The average molecular weight is 451 g/mol. The van der Waals surface area contributed by atoms with Gasteiger partial charge in [-0.2, -0.15) is 0 Å². The molecule has 2 heterocycles. The fraction of sp³-hybridized carbons (Fsp3) is 0.217. The Balaban J connectivity index is 1.41. The Kier molecular flexibility index (Phi) is 6.18. The Bertz CT molecular complexity index is 1160. The van der Waals surface area contributed by atoms with Gasteiger partial charge in [0, 0.05) is 24.4 Å². The van der Waals surface area contributed by atoms with Crippen LogP contribution in [-0.4, -0.2) is 35.4 Å². The molecule has 164 valence electrons. The lowest BCUT2D eigenvalue weighted by molar-refractivity contribution is -0.127. The van der Waals surface area contributed by atoms with E-state index in [1.54, 1.807) is 25.1 Å². The summed E-state index contributed by atoms with van der Waals surface area (Å²) in [6.45, 7) is 3.48. The lowest BCUT2D eigenvalue weighted by atomic mass is 10.1. The van der Waals surface area contributed by atoms with Gasteiger partial charge in [0.05, 0.1) is 11.4 Å². The van der Waals surface area contributed by atoms with Crippen LogP contribution in [0.15, 0.2) is 53.9 Å². The maximum absolute atomic E-state index is 12.6. The van der Waals surface area contributed by atoms with E-state index in [0.29, 0.717) is 23.1 Å². The molecule has 0 bridgehead atoms. The highest BCUT2D eigenvalue weighted by Crippen LogP contribution is 2.33. The molecule has 0 saturated carbocycles. The van der Waals surface area contributed by atoms with Gasteiger partial charge in [0.25, 0.3) is 5.91 Å². The second kappa shape index (κ2) is 9.19. The molecule has 0 aliphatic carbocycles. The zero-order valence-electron chi connectivity index (χ0n) is 17.6. The van der Waals surface area contributed by atoms with E-state index in [1.165, 1.54) is 23.2 Å². The molecule has 2 N–H and O–H groups in total. The zero-order valence-corrected chi connectivity index (χ0v) is 18.4. The summed E-state index contributed by atoms with van der Waals surface area (Å²) in [6, 6.07) is 14.8. The molecule has 0 unspecified atom stereocenters. The number of anilines is 2. The van der Waals surface area contributed by atoms with Crippen molar-refractivity contribution in [1.82, 2.24) is 10.3 Å². The van der Waals surface area contributed by atoms with Crippen molar-refractivity contribution in [3.8, 4) is 17.0 Å². The Morgan fingerprint density at radius 1 is 1.16 bits per heavy atom. The number of nitrogens with one attached hydrogen (secondary N) is 2. The van der Waals surface area contributed by atoms with E-state index in [1.807, 2.05) is 35.7 Å². The summed E-state index contributed by atoms with van der Waals surface area (Å²) < 4.78 is 5.61. The van der Waals surface area contributed by atoms with Crippen molar-refractivity contribution in [3.63, 3.8) is 0 Å². The number of ether oxygens (including phenoxy) is 1. The van der Waals surface area contributed by atoms with Crippen molar-refractivity contribution in [1.29, 1.82) is 0 Å². The first kappa shape index (κ1) is 21.5. The van der Waals surface area contributed by atoms with Gasteiger partial charge in [0.2, 0.25) is 11.8 Å². The van der Waals surface area contributed by atoms with Gasteiger partial charge in [-0.1, -0.05) is 36.4 Å². The number of carbonyl (C=O) groups is 3. The molecule has 1 aliphatic heterocycles. The molecule has 8 nitrogen and oxygen atoms in total. The SMILES string of the molecule is CC(=O)NCc1ccc(-c2csc(NC(=O)CN3C(=O)[C@H](C)Oc4ccccc43)n2)cc1. The molecule has 0 fully saturated rings. The highest BCUT2D eigenvalue weighted by molar-refractivity contribution is 7.14. The highest BCUT2D eigenvalue weighted by Gasteiger charge is 2.32. The summed E-state index contributed by atoms with van der Waals surface area (Å²) >= 11 is 1.31. The summed E-state index contributed by atoms with van der Waals surface area (Å²) in [4.78, 5) is 42.2. The van der Waals surface area contributed by atoms with E-state index in [4.69, 9.17) is 4.74 Å². The number of fused-ring (bicyclic) bond motifs is 1. The minimum Gasteiger partial charge on any atom is -0.479 e. The first-order chi connectivity index (χ1) is 15.4. The number of rotatable bonds is 6. The van der Waals surface area contributed by atoms with Gasteiger partial charge < -0.3 is 15.4 Å². The van der Waals surface area contributed by atoms with Gasteiger partial charge >= 0.3 is 0 Å². The number of hydrogen-bond donors (Lipinski definition) is 2. The predicted molar refractivity (Wildman–Crippen MR) is 123 cm³/mol. The van der Waals surface area contributed by atoms with E-state index in [9.17, 15) is 14.4 Å². The molecule has 3 aromatic rings. The monoisotopic (exact) mass is 450 g/mol. The number of para-hydroxylation sites is 2. The van der Waals surface area contributed by atoms with Crippen LogP contribution in [-0.2, 0) is 20.9 Å². The lowest BCUT2D eigenvalue weighted by Gasteiger charge is -2.32. The number of benzene rings is 2. The lowest BCUT2D eigenvalue weighted by Crippen LogP contribution is -2.47. The number of hydrogen-bond acceptors (Lipinski definition) is 6. The Labute approximate surface area is 189 Å².